The maximum Gasteiger partial charge on any atom is 0.261 e. The predicted octanol–water partition coefficient (Wildman–Crippen LogP) is 6.40. The Bertz CT molecular complexity index is 1730. The Morgan fingerprint density at radius 2 is 1.38 bits per heavy atom. The molecule has 248 valence electrons. The van der Waals surface area contributed by atoms with Gasteiger partial charge in [-0.1, -0.05) is 91.3 Å². The molecule has 0 aliphatic carbocycles. The van der Waals surface area contributed by atoms with E-state index < -0.39 is 11.9 Å². The molecule has 9 heteroatoms. The van der Waals surface area contributed by atoms with Crippen molar-refractivity contribution in [3.63, 3.8) is 0 Å². The fourth-order valence-electron chi connectivity index (χ4n) is 7.08. The van der Waals surface area contributed by atoms with E-state index >= 15 is 0 Å². The molecule has 48 heavy (non-hydrogen) atoms. The Balaban J connectivity index is 1.07. The lowest BCUT2D eigenvalue weighted by molar-refractivity contribution is -0.277. The first-order valence-corrected chi connectivity index (χ1v) is 16.9. The summed E-state index contributed by atoms with van der Waals surface area (Å²) in [5, 5.41) is 21.7. The van der Waals surface area contributed by atoms with Gasteiger partial charge in [-0.15, -0.1) is 0 Å². The van der Waals surface area contributed by atoms with Crippen LogP contribution in [-0.4, -0.2) is 57.6 Å². The number of hydrogen-bond acceptors (Lipinski definition) is 7. The number of nitrogens with zero attached hydrogens (tertiary/aromatic N) is 2. The molecule has 4 aromatic rings. The number of ether oxygens (including phenoxy) is 2. The van der Waals surface area contributed by atoms with Crippen LogP contribution in [0.2, 0.25) is 5.02 Å². The number of aliphatic hydroxyl groups excluding tert-OH is 1. The van der Waals surface area contributed by atoms with Crippen molar-refractivity contribution in [3.05, 3.63) is 141 Å². The molecule has 0 aromatic heterocycles. The van der Waals surface area contributed by atoms with E-state index in [4.69, 9.17) is 21.1 Å². The molecule has 4 atom stereocenters. The smallest absolute Gasteiger partial charge is 0.261 e. The summed E-state index contributed by atoms with van der Waals surface area (Å²) >= 11 is 6.09. The van der Waals surface area contributed by atoms with Gasteiger partial charge in [0, 0.05) is 36.1 Å². The number of carbonyl (C=O) groups excluding carboxylic acids is 2. The SMILES string of the molecule is C[C@@H]1[C@H](CN2CCC(O)(c3ccc(Cl)cc3)CC2)O[C@H](c2ccc(CN3C(=O)c4ccccc4C3=O)cc2)O[C@@H]1c1ccc(CO)cc1. The topological polar surface area (TPSA) is 99.5 Å². The molecule has 2 amide bonds. The summed E-state index contributed by atoms with van der Waals surface area (Å²) in [4.78, 5) is 29.5. The van der Waals surface area contributed by atoms with Gasteiger partial charge in [0.2, 0.25) is 0 Å². The summed E-state index contributed by atoms with van der Waals surface area (Å²) in [6, 6.07) is 29.9. The van der Waals surface area contributed by atoms with Gasteiger partial charge >= 0.3 is 0 Å². The summed E-state index contributed by atoms with van der Waals surface area (Å²) in [6.45, 7) is 4.42. The third kappa shape index (κ3) is 6.44. The van der Waals surface area contributed by atoms with E-state index in [0.717, 1.165) is 40.9 Å². The van der Waals surface area contributed by atoms with E-state index in [2.05, 4.69) is 11.8 Å². The molecular formula is C39H39ClN2O6. The van der Waals surface area contributed by atoms with Gasteiger partial charge in [0.15, 0.2) is 6.29 Å². The first kappa shape index (κ1) is 32.6. The number of amides is 2. The molecular weight excluding hydrogens is 628 g/mol. The maximum absolute atomic E-state index is 12.9. The lowest BCUT2D eigenvalue weighted by atomic mass is 9.84. The molecule has 4 aromatic carbocycles. The number of aliphatic hydroxyl groups is 2. The van der Waals surface area contributed by atoms with Crippen molar-refractivity contribution in [2.45, 2.75) is 57.0 Å². The fraction of sp³-hybridized carbons (Fsp3) is 0.333. The summed E-state index contributed by atoms with van der Waals surface area (Å²) in [5.74, 6) is -0.545. The van der Waals surface area contributed by atoms with E-state index in [1.54, 1.807) is 24.3 Å². The third-order valence-corrected chi connectivity index (χ3v) is 10.3. The predicted molar refractivity (Wildman–Crippen MR) is 181 cm³/mol. The van der Waals surface area contributed by atoms with Crippen LogP contribution in [0.5, 0.6) is 0 Å². The summed E-state index contributed by atoms with van der Waals surface area (Å²) in [6.07, 6.45) is 0.159. The molecule has 3 aliphatic heterocycles. The molecule has 3 heterocycles. The van der Waals surface area contributed by atoms with Crippen LogP contribution < -0.4 is 0 Å². The Hall–Kier alpha value is -3.89. The number of halogens is 1. The standard InChI is InChI=1S/C39H39ClN2O6/c1-25-34(23-41-20-18-39(46,19-21-41)30-14-16-31(40)17-15-30)47-38(48-35(25)28-10-8-27(24-43)9-11-28)29-12-6-26(7-13-29)22-42-36(44)32-4-2-3-5-33(32)37(42)45/h2-17,25,34-35,38,43,46H,18-24H2,1H3/t25-,34+,35+,38+/m1/s1. The highest BCUT2D eigenvalue weighted by Crippen LogP contribution is 2.43. The van der Waals surface area contributed by atoms with Crippen molar-refractivity contribution < 1.29 is 29.3 Å². The van der Waals surface area contributed by atoms with Crippen molar-refractivity contribution in [3.8, 4) is 0 Å². The average molecular weight is 667 g/mol. The highest BCUT2D eigenvalue weighted by atomic mass is 35.5. The zero-order chi connectivity index (χ0) is 33.4. The van der Waals surface area contributed by atoms with Gasteiger partial charge in [0.1, 0.15) is 0 Å². The molecule has 2 N–H and O–H groups in total. The second-order valence-electron chi connectivity index (χ2n) is 13.1. The number of likely N-dealkylation sites (tertiary alicyclic amines) is 1. The van der Waals surface area contributed by atoms with E-state index in [1.165, 1.54) is 4.90 Å². The van der Waals surface area contributed by atoms with Crippen LogP contribution in [0.1, 0.15) is 80.7 Å². The van der Waals surface area contributed by atoms with E-state index in [9.17, 15) is 19.8 Å². The highest BCUT2D eigenvalue weighted by molar-refractivity contribution is 6.30. The van der Waals surface area contributed by atoms with Gasteiger partial charge in [0.25, 0.3) is 11.8 Å². The summed E-state index contributed by atoms with van der Waals surface area (Å²) in [5.41, 5.74) is 4.38. The number of hydrogen-bond donors (Lipinski definition) is 2. The zero-order valence-corrected chi connectivity index (χ0v) is 27.6. The van der Waals surface area contributed by atoms with Crippen LogP contribution in [0.15, 0.2) is 97.1 Å². The van der Waals surface area contributed by atoms with Crippen LogP contribution in [0.3, 0.4) is 0 Å². The number of rotatable bonds is 8. The van der Waals surface area contributed by atoms with E-state index in [0.29, 0.717) is 35.5 Å². The van der Waals surface area contributed by atoms with Crippen LogP contribution in [0.4, 0.5) is 0 Å². The minimum absolute atomic E-state index is 0.0198. The molecule has 0 radical (unpaired) electrons. The molecule has 7 rings (SSSR count). The van der Waals surface area contributed by atoms with Crippen molar-refractivity contribution in [1.29, 1.82) is 0 Å². The molecule has 2 saturated heterocycles. The molecule has 0 spiro atoms. The van der Waals surface area contributed by atoms with Crippen LogP contribution >= 0.6 is 11.6 Å². The Morgan fingerprint density at radius 3 is 1.98 bits per heavy atom. The number of fused-ring (bicyclic) bond motifs is 1. The fourth-order valence-corrected chi connectivity index (χ4v) is 7.21. The first-order valence-electron chi connectivity index (χ1n) is 16.5. The lowest BCUT2D eigenvalue weighted by Gasteiger charge is -2.45. The number of piperidine rings is 1. The van der Waals surface area contributed by atoms with Crippen LogP contribution in [0.25, 0.3) is 0 Å². The minimum Gasteiger partial charge on any atom is -0.392 e. The summed E-state index contributed by atoms with van der Waals surface area (Å²) < 4.78 is 13.3. The first-order chi connectivity index (χ1) is 23.2. The molecule has 0 bridgehead atoms. The van der Waals surface area contributed by atoms with E-state index in [-0.39, 0.29) is 43.1 Å². The van der Waals surface area contributed by atoms with Gasteiger partial charge in [0.05, 0.1) is 42.1 Å². The van der Waals surface area contributed by atoms with Gasteiger partial charge in [-0.2, -0.15) is 0 Å². The number of benzene rings is 4. The van der Waals surface area contributed by atoms with Gasteiger partial charge in [-0.05, 0) is 59.4 Å². The largest absolute Gasteiger partial charge is 0.392 e. The second kappa shape index (κ2) is 13.6. The van der Waals surface area contributed by atoms with Gasteiger partial charge < -0.3 is 24.6 Å². The van der Waals surface area contributed by atoms with Crippen molar-refractivity contribution in [1.82, 2.24) is 9.80 Å². The summed E-state index contributed by atoms with van der Waals surface area (Å²) in [7, 11) is 0. The quantitative estimate of drug-likeness (QED) is 0.210. The van der Waals surface area contributed by atoms with Gasteiger partial charge in [-0.3, -0.25) is 14.5 Å². The second-order valence-corrected chi connectivity index (χ2v) is 13.6. The molecule has 2 fully saturated rings. The number of imide groups is 1. The molecule has 8 nitrogen and oxygen atoms in total. The minimum atomic E-state index is -0.891. The molecule has 0 unspecified atom stereocenters. The lowest BCUT2D eigenvalue weighted by Crippen LogP contribution is -2.49. The van der Waals surface area contributed by atoms with Crippen molar-refractivity contribution >= 4 is 23.4 Å². The zero-order valence-electron chi connectivity index (χ0n) is 26.8. The monoisotopic (exact) mass is 666 g/mol. The number of carbonyl (C=O) groups is 2. The van der Waals surface area contributed by atoms with Crippen molar-refractivity contribution in [2.24, 2.45) is 5.92 Å². The molecule has 3 aliphatic rings. The van der Waals surface area contributed by atoms with Crippen LogP contribution in [0, 0.1) is 5.92 Å². The Morgan fingerprint density at radius 1 is 0.792 bits per heavy atom. The van der Waals surface area contributed by atoms with Gasteiger partial charge in [-0.25, -0.2) is 0 Å². The Kier molecular flexibility index (Phi) is 9.22. The highest BCUT2D eigenvalue weighted by Gasteiger charge is 2.41. The van der Waals surface area contributed by atoms with Crippen molar-refractivity contribution in [2.75, 3.05) is 19.6 Å². The average Bonchev–Trinajstić information content (AvgIpc) is 3.35. The van der Waals surface area contributed by atoms with E-state index in [1.807, 2.05) is 72.8 Å². The van der Waals surface area contributed by atoms with Crippen LogP contribution in [-0.2, 0) is 28.2 Å². The molecule has 0 saturated carbocycles. The maximum atomic E-state index is 12.9. The normalized spacial score (nSPS) is 24.1. The Labute approximate surface area is 285 Å². The third-order valence-electron chi connectivity index (χ3n) is 10.1.